The van der Waals surface area contributed by atoms with Crippen LogP contribution in [0.1, 0.15) is 11.7 Å². The first-order valence-electron chi connectivity index (χ1n) is 5.54. The molecule has 0 aliphatic rings. The van der Waals surface area contributed by atoms with Gasteiger partial charge in [-0.25, -0.2) is 0 Å². The van der Waals surface area contributed by atoms with Gasteiger partial charge in [-0.2, -0.15) is 5.10 Å². The first-order chi connectivity index (χ1) is 8.24. The molecule has 0 saturated heterocycles. The second-order valence-corrected chi connectivity index (χ2v) is 3.63. The number of hydrogen-bond acceptors (Lipinski definition) is 5. The molecule has 0 aromatic carbocycles. The number of nitrogens with one attached hydrogen (secondary N) is 1. The lowest BCUT2D eigenvalue weighted by atomic mass is 10.2. The van der Waals surface area contributed by atoms with Crippen molar-refractivity contribution in [1.29, 1.82) is 0 Å². The molecule has 6 nitrogen and oxygen atoms in total. The molecule has 0 bridgehead atoms. The maximum atomic E-state index is 5.52. The van der Waals surface area contributed by atoms with Crippen LogP contribution in [0.3, 0.4) is 0 Å². The normalized spacial score (nSPS) is 12.7. The Labute approximate surface area is 102 Å². The molecule has 0 amide bonds. The minimum absolute atomic E-state index is 0.0503. The van der Waals surface area contributed by atoms with Gasteiger partial charge in [0.25, 0.3) is 0 Å². The lowest BCUT2D eigenvalue weighted by Crippen LogP contribution is -2.25. The maximum absolute atomic E-state index is 5.52. The van der Waals surface area contributed by atoms with Gasteiger partial charge < -0.3 is 19.5 Å². The van der Waals surface area contributed by atoms with Crippen molar-refractivity contribution in [3.8, 4) is 5.75 Å². The lowest BCUT2D eigenvalue weighted by Gasteiger charge is -2.18. The van der Waals surface area contributed by atoms with Crippen molar-refractivity contribution >= 4 is 0 Å². The van der Waals surface area contributed by atoms with Crippen LogP contribution in [0.5, 0.6) is 5.75 Å². The molecule has 1 N–H and O–H groups in total. The number of rotatable bonds is 8. The molecule has 0 radical (unpaired) electrons. The van der Waals surface area contributed by atoms with Gasteiger partial charge >= 0.3 is 0 Å². The van der Waals surface area contributed by atoms with Gasteiger partial charge in [0.1, 0.15) is 0 Å². The third kappa shape index (κ3) is 3.69. The Morgan fingerprint density at radius 1 is 1.41 bits per heavy atom. The Morgan fingerprint density at radius 2 is 2.18 bits per heavy atom. The molecular weight excluding hydrogens is 222 g/mol. The molecule has 17 heavy (non-hydrogen) atoms. The summed E-state index contributed by atoms with van der Waals surface area (Å²) in [6.07, 6.45) is 1.70. The van der Waals surface area contributed by atoms with E-state index in [9.17, 15) is 0 Å². The molecule has 1 atom stereocenters. The molecule has 0 saturated carbocycles. The van der Waals surface area contributed by atoms with Crippen LogP contribution >= 0.6 is 0 Å². The van der Waals surface area contributed by atoms with Crippen molar-refractivity contribution in [1.82, 2.24) is 15.1 Å². The Morgan fingerprint density at radius 3 is 2.76 bits per heavy atom. The highest BCUT2D eigenvalue weighted by Crippen LogP contribution is 2.23. The van der Waals surface area contributed by atoms with Crippen molar-refractivity contribution in [2.24, 2.45) is 7.05 Å². The minimum Gasteiger partial charge on any atom is -0.493 e. The highest BCUT2D eigenvalue weighted by atomic mass is 16.5. The Balaban J connectivity index is 2.62. The van der Waals surface area contributed by atoms with E-state index in [2.05, 4.69) is 10.4 Å². The first kappa shape index (κ1) is 14.0. The Bertz CT molecular complexity index is 328. The van der Waals surface area contributed by atoms with E-state index in [1.165, 1.54) is 0 Å². The molecule has 6 heteroatoms. The van der Waals surface area contributed by atoms with E-state index >= 15 is 0 Å². The summed E-state index contributed by atoms with van der Waals surface area (Å²) < 4.78 is 17.5. The third-order valence-corrected chi connectivity index (χ3v) is 2.56. The topological polar surface area (TPSA) is 57.5 Å². The van der Waals surface area contributed by atoms with E-state index in [4.69, 9.17) is 14.2 Å². The van der Waals surface area contributed by atoms with Crippen LogP contribution < -0.4 is 10.1 Å². The predicted molar refractivity (Wildman–Crippen MR) is 64.3 cm³/mol. The first-order valence-corrected chi connectivity index (χ1v) is 5.54. The average molecular weight is 243 g/mol. The zero-order valence-corrected chi connectivity index (χ0v) is 10.9. The molecule has 1 aromatic heterocycles. The Kier molecular flexibility index (Phi) is 5.96. The number of likely N-dealkylation sites (N-methyl/N-ethyl adjacent to an activating group) is 1. The van der Waals surface area contributed by atoms with Crippen LogP contribution in [0.4, 0.5) is 0 Å². The van der Waals surface area contributed by atoms with Crippen LogP contribution in [-0.2, 0) is 16.5 Å². The fourth-order valence-corrected chi connectivity index (χ4v) is 1.62. The highest BCUT2D eigenvalue weighted by Gasteiger charge is 2.19. The van der Waals surface area contributed by atoms with Crippen molar-refractivity contribution in [2.45, 2.75) is 6.04 Å². The van der Waals surface area contributed by atoms with Gasteiger partial charge in [-0.1, -0.05) is 0 Å². The SMILES string of the molecule is CNC(COCCOC)c1c(OC)cnn1C. The monoisotopic (exact) mass is 243 g/mol. The molecule has 0 fully saturated rings. The quantitative estimate of drug-likeness (QED) is 0.668. The molecule has 0 spiro atoms. The van der Waals surface area contributed by atoms with Gasteiger partial charge in [-0.05, 0) is 7.05 Å². The summed E-state index contributed by atoms with van der Waals surface area (Å²) in [4.78, 5) is 0. The summed E-state index contributed by atoms with van der Waals surface area (Å²) in [5, 5.41) is 7.36. The number of aryl methyl sites for hydroxylation is 1. The number of aromatic nitrogens is 2. The average Bonchev–Trinajstić information content (AvgIpc) is 2.71. The molecule has 1 aromatic rings. The molecule has 98 valence electrons. The Hall–Kier alpha value is -1.11. The van der Waals surface area contributed by atoms with E-state index < -0.39 is 0 Å². The zero-order valence-electron chi connectivity index (χ0n) is 10.9. The molecular formula is C11H21N3O3. The van der Waals surface area contributed by atoms with Gasteiger partial charge in [0.15, 0.2) is 5.75 Å². The summed E-state index contributed by atoms with van der Waals surface area (Å²) in [5.74, 6) is 0.766. The summed E-state index contributed by atoms with van der Waals surface area (Å²) >= 11 is 0. The van der Waals surface area contributed by atoms with E-state index in [1.54, 1.807) is 25.1 Å². The zero-order chi connectivity index (χ0) is 12.7. The van der Waals surface area contributed by atoms with Gasteiger partial charge in [0.05, 0.1) is 44.9 Å². The summed E-state index contributed by atoms with van der Waals surface area (Å²) in [6, 6.07) is 0.0503. The predicted octanol–water partition coefficient (Wildman–Crippen LogP) is 0.352. The van der Waals surface area contributed by atoms with E-state index in [1.807, 2.05) is 14.1 Å². The van der Waals surface area contributed by atoms with E-state index in [0.29, 0.717) is 19.8 Å². The van der Waals surface area contributed by atoms with Crippen LogP contribution in [0.15, 0.2) is 6.20 Å². The lowest BCUT2D eigenvalue weighted by molar-refractivity contribution is 0.0582. The summed E-state index contributed by atoms with van der Waals surface area (Å²) in [5.41, 5.74) is 0.979. The van der Waals surface area contributed by atoms with Crippen LogP contribution in [-0.4, -0.2) is 50.9 Å². The largest absolute Gasteiger partial charge is 0.493 e. The molecule has 0 aliphatic carbocycles. The second kappa shape index (κ2) is 7.26. The van der Waals surface area contributed by atoms with Gasteiger partial charge in [-0.3, -0.25) is 4.68 Å². The van der Waals surface area contributed by atoms with Crippen LogP contribution in [0.25, 0.3) is 0 Å². The van der Waals surface area contributed by atoms with Crippen molar-refractivity contribution < 1.29 is 14.2 Å². The van der Waals surface area contributed by atoms with Crippen LogP contribution in [0.2, 0.25) is 0 Å². The van der Waals surface area contributed by atoms with Gasteiger partial charge in [-0.15, -0.1) is 0 Å². The number of ether oxygens (including phenoxy) is 3. The second-order valence-electron chi connectivity index (χ2n) is 3.63. The number of methoxy groups -OCH3 is 2. The summed E-state index contributed by atoms with van der Waals surface area (Å²) in [6.45, 7) is 1.73. The molecule has 1 rings (SSSR count). The molecule has 0 aliphatic heterocycles. The van der Waals surface area contributed by atoms with Crippen molar-refractivity contribution in [3.05, 3.63) is 11.9 Å². The standard InChI is InChI=1S/C11H21N3O3/c1-12-9(8-17-6-5-15-3)11-10(16-4)7-13-14(11)2/h7,9,12H,5-6,8H2,1-4H3. The van der Waals surface area contributed by atoms with Crippen LogP contribution in [0, 0.1) is 0 Å². The minimum atomic E-state index is 0.0503. The third-order valence-electron chi connectivity index (χ3n) is 2.56. The fraction of sp³-hybridized carbons (Fsp3) is 0.727. The summed E-state index contributed by atoms with van der Waals surface area (Å²) in [7, 11) is 7.07. The molecule has 1 heterocycles. The highest BCUT2D eigenvalue weighted by molar-refractivity contribution is 5.28. The smallest absolute Gasteiger partial charge is 0.161 e. The van der Waals surface area contributed by atoms with Gasteiger partial charge in [0, 0.05) is 14.2 Å². The fourth-order valence-electron chi connectivity index (χ4n) is 1.62. The maximum Gasteiger partial charge on any atom is 0.161 e. The van der Waals surface area contributed by atoms with Crippen molar-refractivity contribution in [2.75, 3.05) is 41.1 Å². The van der Waals surface area contributed by atoms with E-state index in [-0.39, 0.29) is 6.04 Å². The van der Waals surface area contributed by atoms with Crippen molar-refractivity contribution in [3.63, 3.8) is 0 Å². The number of hydrogen-bond donors (Lipinski definition) is 1. The molecule has 1 unspecified atom stereocenters. The van der Waals surface area contributed by atoms with E-state index in [0.717, 1.165) is 11.4 Å². The van der Waals surface area contributed by atoms with Gasteiger partial charge in [0.2, 0.25) is 0 Å². The number of nitrogens with zero attached hydrogens (tertiary/aromatic N) is 2.